The van der Waals surface area contributed by atoms with Gasteiger partial charge in [0.15, 0.2) is 11.0 Å². The van der Waals surface area contributed by atoms with E-state index in [0.717, 1.165) is 0 Å². The first-order valence-electron chi connectivity index (χ1n) is 5.41. The van der Waals surface area contributed by atoms with Crippen molar-refractivity contribution in [2.24, 2.45) is 0 Å². The van der Waals surface area contributed by atoms with Crippen LogP contribution in [0.5, 0.6) is 0 Å². The number of hydrogen-bond donors (Lipinski definition) is 1. The number of carbonyl (C=O) groups is 1. The number of furan rings is 1. The summed E-state index contributed by atoms with van der Waals surface area (Å²) < 4.78 is 5.03. The lowest BCUT2D eigenvalue weighted by Crippen LogP contribution is -2.31. The second-order valence-corrected chi connectivity index (χ2v) is 5.58. The highest BCUT2D eigenvalue weighted by atomic mass is 35.5. The van der Waals surface area contributed by atoms with Gasteiger partial charge >= 0.3 is 0 Å². The number of rotatable bonds is 3. The van der Waals surface area contributed by atoms with Crippen LogP contribution in [0.1, 0.15) is 29.8 Å². The number of hydrogen-bond acceptors (Lipinski definition) is 3. The van der Waals surface area contributed by atoms with E-state index in [0.29, 0.717) is 11.8 Å². The van der Waals surface area contributed by atoms with Crippen LogP contribution in [0, 0.1) is 0 Å². The SMILES string of the molecule is O=C(NCC1CCCCS1)c1ccc(Cl)o1. The molecule has 2 rings (SSSR count). The first-order chi connectivity index (χ1) is 7.75. The van der Waals surface area contributed by atoms with Gasteiger partial charge < -0.3 is 9.73 Å². The molecule has 2 heterocycles. The van der Waals surface area contributed by atoms with Gasteiger partial charge in [0, 0.05) is 11.8 Å². The third-order valence-electron chi connectivity index (χ3n) is 2.56. The summed E-state index contributed by atoms with van der Waals surface area (Å²) in [6.45, 7) is 0.710. The highest BCUT2D eigenvalue weighted by Crippen LogP contribution is 2.24. The summed E-state index contributed by atoms with van der Waals surface area (Å²) in [5, 5.41) is 3.66. The second-order valence-electron chi connectivity index (χ2n) is 3.80. The summed E-state index contributed by atoms with van der Waals surface area (Å²) in [7, 11) is 0. The Kier molecular flexibility index (Phi) is 4.18. The molecule has 1 saturated heterocycles. The lowest BCUT2D eigenvalue weighted by molar-refractivity contribution is 0.0926. The molecule has 5 heteroatoms. The van der Waals surface area contributed by atoms with Crippen LogP contribution in [0.2, 0.25) is 5.22 Å². The molecule has 1 N–H and O–H groups in total. The van der Waals surface area contributed by atoms with Crippen molar-refractivity contribution in [3.8, 4) is 0 Å². The fourth-order valence-corrected chi connectivity index (χ4v) is 3.08. The second kappa shape index (κ2) is 5.64. The predicted octanol–water partition coefficient (Wildman–Crippen LogP) is 2.95. The fourth-order valence-electron chi connectivity index (χ4n) is 1.70. The minimum Gasteiger partial charge on any atom is -0.440 e. The van der Waals surface area contributed by atoms with Crippen molar-refractivity contribution in [1.29, 1.82) is 0 Å². The van der Waals surface area contributed by atoms with Gasteiger partial charge in [-0.3, -0.25) is 4.79 Å². The Morgan fingerprint density at radius 1 is 1.56 bits per heavy atom. The molecular weight excluding hydrogens is 246 g/mol. The smallest absolute Gasteiger partial charge is 0.287 e. The molecule has 1 aromatic heterocycles. The molecule has 1 atom stereocenters. The van der Waals surface area contributed by atoms with Gasteiger partial charge in [-0.25, -0.2) is 0 Å². The van der Waals surface area contributed by atoms with Crippen molar-refractivity contribution in [2.75, 3.05) is 12.3 Å². The van der Waals surface area contributed by atoms with Crippen molar-refractivity contribution in [1.82, 2.24) is 5.32 Å². The van der Waals surface area contributed by atoms with E-state index >= 15 is 0 Å². The van der Waals surface area contributed by atoms with E-state index in [1.165, 1.54) is 25.0 Å². The Labute approximate surface area is 104 Å². The Morgan fingerprint density at radius 2 is 2.44 bits per heavy atom. The maximum Gasteiger partial charge on any atom is 0.287 e. The molecule has 3 nitrogen and oxygen atoms in total. The summed E-state index contributed by atoms with van der Waals surface area (Å²) in [4.78, 5) is 11.6. The van der Waals surface area contributed by atoms with Crippen molar-refractivity contribution in [3.63, 3.8) is 0 Å². The first-order valence-corrected chi connectivity index (χ1v) is 6.83. The fraction of sp³-hybridized carbons (Fsp3) is 0.545. The van der Waals surface area contributed by atoms with E-state index in [2.05, 4.69) is 5.32 Å². The van der Waals surface area contributed by atoms with E-state index in [1.54, 1.807) is 12.1 Å². The third-order valence-corrected chi connectivity index (χ3v) is 4.16. The Morgan fingerprint density at radius 3 is 3.06 bits per heavy atom. The molecule has 0 radical (unpaired) electrons. The van der Waals surface area contributed by atoms with Crippen molar-refractivity contribution >= 4 is 29.3 Å². The van der Waals surface area contributed by atoms with E-state index in [9.17, 15) is 4.79 Å². The monoisotopic (exact) mass is 259 g/mol. The molecule has 1 aromatic rings. The average molecular weight is 260 g/mol. The van der Waals surface area contributed by atoms with Crippen molar-refractivity contribution in [3.05, 3.63) is 23.1 Å². The van der Waals surface area contributed by atoms with Gasteiger partial charge in [0.25, 0.3) is 5.91 Å². The number of thioether (sulfide) groups is 1. The summed E-state index contributed by atoms with van der Waals surface area (Å²) in [6.07, 6.45) is 3.74. The molecule has 1 unspecified atom stereocenters. The van der Waals surface area contributed by atoms with Crippen LogP contribution in [0.15, 0.2) is 16.5 Å². The van der Waals surface area contributed by atoms with Crippen LogP contribution in [0.4, 0.5) is 0 Å². The Bertz CT molecular complexity index is 361. The summed E-state index contributed by atoms with van der Waals surface area (Å²) in [5.74, 6) is 1.30. The van der Waals surface area contributed by atoms with Gasteiger partial charge in [0.05, 0.1) is 0 Å². The molecule has 0 aromatic carbocycles. The zero-order valence-corrected chi connectivity index (χ0v) is 10.4. The maximum absolute atomic E-state index is 11.6. The molecule has 1 aliphatic heterocycles. The number of nitrogens with one attached hydrogen (secondary N) is 1. The van der Waals surface area contributed by atoms with Crippen LogP contribution in [0.3, 0.4) is 0 Å². The number of halogens is 1. The molecule has 88 valence electrons. The predicted molar refractivity (Wildman–Crippen MR) is 66.1 cm³/mol. The molecule has 1 amide bonds. The van der Waals surface area contributed by atoms with Crippen LogP contribution < -0.4 is 5.32 Å². The molecule has 1 aliphatic rings. The zero-order valence-electron chi connectivity index (χ0n) is 8.87. The third kappa shape index (κ3) is 3.19. The van der Waals surface area contributed by atoms with Crippen LogP contribution in [-0.4, -0.2) is 23.5 Å². The topological polar surface area (TPSA) is 42.2 Å². The Balaban J connectivity index is 1.79. The lowest BCUT2D eigenvalue weighted by atomic mass is 10.2. The average Bonchev–Trinajstić information content (AvgIpc) is 2.74. The molecule has 0 aliphatic carbocycles. The first kappa shape index (κ1) is 11.9. The zero-order chi connectivity index (χ0) is 11.4. The minimum atomic E-state index is -0.182. The molecular formula is C11H14ClNO2S. The van der Waals surface area contributed by atoms with Gasteiger partial charge in [0.1, 0.15) is 0 Å². The van der Waals surface area contributed by atoms with Gasteiger partial charge in [0.2, 0.25) is 0 Å². The highest BCUT2D eigenvalue weighted by molar-refractivity contribution is 7.99. The summed E-state index contributed by atoms with van der Waals surface area (Å²) in [5.41, 5.74) is 0. The lowest BCUT2D eigenvalue weighted by Gasteiger charge is -2.21. The van der Waals surface area contributed by atoms with E-state index < -0.39 is 0 Å². The molecule has 0 spiro atoms. The normalized spacial score (nSPS) is 20.7. The maximum atomic E-state index is 11.6. The molecule has 0 bridgehead atoms. The van der Waals surface area contributed by atoms with Crippen LogP contribution >= 0.6 is 23.4 Å². The van der Waals surface area contributed by atoms with Gasteiger partial charge in [-0.05, 0) is 42.3 Å². The van der Waals surface area contributed by atoms with E-state index in [1.807, 2.05) is 11.8 Å². The standard InChI is InChI=1S/C11H14ClNO2S/c12-10-5-4-9(15-10)11(14)13-7-8-3-1-2-6-16-8/h4-5,8H,1-3,6-7H2,(H,13,14). The largest absolute Gasteiger partial charge is 0.440 e. The minimum absolute atomic E-state index is 0.182. The Hall–Kier alpha value is -0.610. The van der Waals surface area contributed by atoms with E-state index in [-0.39, 0.29) is 16.9 Å². The quantitative estimate of drug-likeness (QED) is 0.908. The van der Waals surface area contributed by atoms with Crippen LogP contribution in [0.25, 0.3) is 0 Å². The molecule has 1 fully saturated rings. The number of amides is 1. The number of carbonyl (C=O) groups excluding carboxylic acids is 1. The van der Waals surface area contributed by atoms with Crippen LogP contribution in [-0.2, 0) is 0 Å². The van der Waals surface area contributed by atoms with Crippen molar-refractivity contribution < 1.29 is 9.21 Å². The van der Waals surface area contributed by atoms with Crippen molar-refractivity contribution in [2.45, 2.75) is 24.5 Å². The van der Waals surface area contributed by atoms with Gasteiger partial charge in [-0.1, -0.05) is 6.42 Å². The molecule has 16 heavy (non-hydrogen) atoms. The molecule has 0 saturated carbocycles. The summed E-state index contributed by atoms with van der Waals surface area (Å²) >= 11 is 7.54. The van der Waals surface area contributed by atoms with E-state index in [4.69, 9.17) is 16.0 Å². The van der Waals surface area contributed by atoms with Gasteiger partial charge in [-0.2, -0.15) is 11.8 Å². The van der Waals surface area contributed by atoms with Gasteiger partial charge in [-0.15, -0.1) is 0 Å². The summed E-state index contributed by atoms with van der Waals surface area (Å²) in [6, 6.07) is 3.16. The highest BCUT2D eigenvalue weighted by Gasteiger charge is 2.16.